The Bertz CT molecular complexity index is 720. The maximum Gasteiger partial charge on any atom is 0.338 e. The first kappa shape index (κ1) is 15.9. The standard InChI is InChI=1S/C18H17FO3/c1-11(2)15-10-12(8-9-13(15)18(21)22-3)17(20)14-6-4-5-7-16(14)19/h4-11H,1-3H3. The van der Waals surface area contributed by atoms with Crippen LogP contribution in [0.4, 0.5) is 4.39 Å². The third-order valence-corrected chi connectivity index (χ3v) is 3.46. The molecular weight excluding hydrogens is 283 g/mol. The molecule has 0 heterocycles. The first-order chi connectivity index (χ1) is 10.5. The highest BCUT2D eigenvalue weighted by Gasteiger charge is 2.19. The number of hydrogen-bond donors (Lipinski definition) is 0. The Kier molecular flexibility index (Phi) is 4.71. The van der Waals surface area contributed by atoms with Crippen molar-refractivity contribution in [3.8, 4) is 0 Å². The summed E-state index contributed by atoms with van der Waals surface area (Å²) in [7, 11) is 1.31. The van der Waals surface area contributed by atoms with Crippen LogP contribution in [-0.4, -0.2) is 18.9 Å². The topological polar surface area (TPSA) is 43.4 Å². The average molecular weight is 300 g/mol. The van der Waals surface area contributed by atoms with Crippen molar-refractivity contribution in [1.82, 2.24) is 0 Å². The first-order valence-electron chi connectivity index (χ1n) is 6.97. The second-order valence-electron chi connectivity index (χ2n) is 5.26. The van der Waals surface area contributed by atoms with Gasteiger partial charge in [-0.05, 0) is 35.7 Å². The lowest BCUT2D eigenvalue weighted by Gasteiger charge is -2.13. The van der Waals surface area contributed by atoms with Crippen molar-refractivity contribution in [1.29, 1.82) is 0 Å². The molecule has 0 fully saturated rings. The third kappa shape index (κ3) is 3.06. The van der Waals surface area contributed by atoms with Gasteiger partial charge in [0.2, 0.25) is 0 Å². The van der Waals surface area contributed by atoms with Crippen molar-refractivity contribution >= 4 is 11.8 Å². The third-order valence-electron chi connectivity index (χ3n) is 3.46. The molecule has 0 radical (unpaired) electrons. The van der Waals surface area contributed by atoms with Crippen molar-refractivity contribution in [2.24, 2.45) is 0 Å². The van der Waals surface area contributed by atoms with Crippen LogP contribution in [-0.2, 0) is 4.74 Å². The average Bonchev–Trinajstić information content (AvgIpc) is 2.53. The Balaban J connectivity index is 2.49. The van der Waals surface area contributed by atoms with Crippen LogP contribution in [0.3, 0.4) is 0 Å². The molecular formula is C18H17FO3. The fraction of sp³-hybridized carbons (Fsp3) is 0.222. The van der Waals surface area contributed by atoms with E-state index in [1.54, 1.807) is 18.2 Å². The zero-order valence-corrected chi connectivity index (χ0v) is 12.7. The number of halogens is 1. The Labute approximate surface area is 128 Å². The highest BCUT2D eigenvalue weighted by Crippen LogP contribution is 2.24. The van der Waals surface area contributed by atoms with Crippen molar-refractivity contribution in [3.05, 3.63) is 70.5 Å². The maximum absolute atomic E-state index is 13.8. The summed E-state index contributed by atoms with van der Waals surface area (Å²) in [4.78, 5) is 24.2. The molecule has 0 aliphatic carbocycles. The highest BCUT2D eigenvalue weighted by molar-refractivity contribution is 6.09. The molecule has 114 valence electrons. The molecule has 0 aliphatic heterocycles. The number of ketones is 1. The molecule has 4 heteroatoms. The van der Waals surface area contributed by atoms with Crippen molar-refractivity contribution < 1.29 is 18.7 Å². The summed E-state index contributed by atoms with van der Waals surface area (Å²) in [6.45, 7) is 3.83. The van der Waals surface area contributed by atoms with E-state index < -0.39 is 17.6 Å². The number of methoxy groups -OCH3 is 1. The predicted octanol–water partition coefficient (Wildman–Crippen LogP) is 3.97. The van der Waals surface area contributed by atoms with E-state index in [0.717, 1.165) is 0 Å². The number of hydrogen-bond acceptors (Lipinski definition) is 3. The number of benzene rings is 2. The van der Waals surface area contributed by atoms with Crippen LogP contribution < -0.4 is 0 Å². The Hall–Kier alpha value is -2.49. The summed E-state index contributed by atoms with van der Waals surface area (Å²) in [5.74, 6) is -1.39. The SMILES string of the molecule is COC(=O)c1ccc(C(=O)c2ccccc2F)cc1C(C)C. The van der Waals surface area contributed by atoms with Gasteiger partial charge in [-0.3, -0.25) is 4.79 Å². The summed E-state index contributed by atoms with van der Waals surface area (Å²) >= 11 is 0. The van der Waals surface area contributed by atoms with Gasteiger partial charge in [0, 0.05) is 5.56 Å². The molecule has 0 unspecified atom stereocenters. The molecule has 0 saturated carbocycles. The van der Waals surface area contributed by atoms with Crippen LogP contribution in [0.5, 0.6) is 0 Å². The Morgan fingerprint density at radius 3 is 2.32 bits per heavy atom. The van der Waals surface area contributed by atoms with Crippen molar-refractivity contribution in [2.75, 3.05) is 7.11 Å². The van der Waals surface area contributed by atoms with E-state index in [2.05, 4.69) is 0 Å². The van der Waals surface area contributed by atoms with E-state index in [0.29, 0.717) is 16.7 Å². The van der Waals surface area contributed by atoms with Gasteiger partial charge in [0.15, 0.2) is 5.78 Å². The summed E-state index contributed by atoms with van der Waals surface area (Å²) in [5, 5.41) is 0. The minimum Gasteiger partial charge on any atom is -0.465 e. The molecule has 0 bridgehead atoms. The minimum absolute atomic E-state index is 0.0167. The van der Waals surface area contributed by atoms with Crippen molar-refractivity contribution in [3.63, 3.8) is 0 Å². The summed E-state index contributed by atoms with van der Waals surface area (Å²) in [6, 6.07) is 10.5. The zero-order chi connectivity index (χ0) is 16.3. The van der Waals surface area contributed by atoms with Crippen LogP contribution >= 0.6 is 0 Å². The number of ether oxygens (including phenoxy) is 1. The Morgan fingerprint density at radius 2 is 1.73 bits per heavy atom. The van der Waals surface area contributed by atoms with E-state index >= 15 is 0 Å². The van der Waals surface area contributed by atoms with Crippen LogP contribution in [0.25, 0.3) is 0 Å². The molecule has 22 heavy (non-hydrogen) atoms. The van der Waals surface area contributed by atoms with Gasteiger partial charge < -0.3 is 4.74 Å². The Morgan fingerprint density at radius 1 is 1.05 bits per heavy atom. The fourth-order valence-electron chi connectivity index (χ4n) is 2.28. The van der Waals surface area contributed by atoms with Crippen LogP contribution in [0, 0.1) is 5.82 Å². The van der Waals surface area contributed by atoms with Gasteiger partial charge in [0.25, 0.3) is 0 Å². The summed E-state index contributed by atoms with van der Waals surface area (Å²) in [5.41, 5.74) is 1.49. The van der Waals surface area contributed by atoms with Gasteiger partial charge in [-0.15, -0.1) is 0 Å². The normalized spacial score (nSPS) is 10.6. The van der Waals surface area contributed by atoms with Crippen LogP contribution in [0.15, 0.2) is 42.5 Å². The van der Waals surface area contributed by atoms with Crippen molar-refractivity contribution in [2.45, 2.75) is 19.8 Å². The predicted molar refractivity (Wildman–Crippen MR) is 81.7 cm³/mol. The zero-order valence-electron chi connectivity index (χ0n) is 12.7. The van der Waals surface area contributed by atoms with Crippen LogP contribution in [0.1, 0.15) is 51.6 Å². The fourth-order valence-corrected chi connectivity index (χ4v) is 2.28. The molecule has 3 nitrogen and oxygen atoms in total. The van der Waals surface area contributed by atoms with Crippen LogP contribution in [0.2, 0.25) is 0 Å². The minimum atomic E-state index is -0.560. The molecule has 0 N–H and O–H groups in total. The van der Waals surface area contributed by atoms with E-state index in [4.69, 9.17) is 4.74 Å². The monoisotopic (exact) mass is 300 g/mol. The number of carbonyl (C=O) groups is 2. The van der Waals surface area contributed by atoms with Gasteiger partial charge in [-0.1, -0.05) is 32.0 Å². The number of carbonyl (C=O) groups excluding carboxylic acids is 2. The van der Waals surface area contributed by atoms with Gasteiger partial charge in [-0.2, -0.15) is 0 Å². The van der Waals surface area contributed by atoms with E-state index in [-0.39, 0.29) is 11.5 Å². The molecule has 0 amide bonds. The number of rotatable bonds is 4. The first-order valence-corrected chi connectivity index (χ1v) is 6.97. The van der Waals surface area contributed by atoms with Gasteiger partial charge in [0.1, 0.15) is 5.82 Å². The molecule has 2 aromatic carbocycles. The molecule has 0 aliphatic rings. The summed E-state index contributed by atoms with van der Waals surface area (Å²) in [6.07, 6.45) is 0. The molecule has 0 atom stereocenters. The van der Waals surface area contributed by atoms with E-state index in [1.165, 1.54) is 31.4 Å². The summed E-state index contributed by atoms with van der Waals surface area (Å²) < 4.78 is 18.5. The molecule has 0 saturated heterocycles. The molecule has 2 aromatic rings. The van der Waals surface area contributed by atoms with E-state index in [1.807, 2.05) is 13.8 Å². The second kappa shape index (κ2) is 6.52. The molecule has 2 rings (SSSR count). The largest absolute Gasteiger partial charge is 0.465 e. The lowest BCUT2D eigenvalue weighted by Crippen LogP contribution is -2.10. The van der Waals surface area contributed by atoms with E-state index in [9.17, 15) is 14.0 Å². The smallest absolute Gasteiger partial charge is 0.338 e. The maximum atomic E-state index is 13.8. The molecule has 0 aromatic heterocycles. The lowest BCUT2D eigenvalue weighted by molar-refractivity contribution is 0.0598. The van der Waals surface area contributed by atoms with Gasteiger partial charge >= 0.3 is 5.97 Å². The second-order valence-corrected chi connectivity index (χ2v) is 5.26. The highest BCUT2D eigenvalue weighted by atomic mass is 19.1. The molecule has 0 spiro atoms. The van der Waals surface area contributed by atoms with Gasteiger partial charge in [-0.25, -0.2) is 9.18 Å². The van der Waals surface area contributed by atoms with Gasteiger partial charge in [0.05, 0.1) is 18.2 Å². The lowest BCUT2D eigenvalue weighted by atomic mass is 9.92. The quantitative estimate of drug-likeness (QED) is 0.634. The number of esters is 1.